The Bertz CT molecular complexity index is 1940. The van der Waals surface area contributed by atoms with Gasteiger partial charge in [-0.25, -0.2) is 9.78 Å². The second-order valence-corrected chi connectivity index (χ2v) is 14.6. The van der Waals surface area contributed by atoms with Gasteiger partial charge < -0.3 is 33.8 Å². The number of fused-ring (bicyclic) bond motifs is 1. The summed E-state index contributed by atoms with van der Waals surface area (Å²) in [5.74, 6) is 0.322. The van der Waals surface area contributed by atoms with E-state index in [0.29, 0.717) is 51.3 Å². The Kier molecular flexibility index (Phi) is 8.41. The van der Waals surface area contributed by atoms with Crippen molar-refractivity contribution in [3.05, 3.63) is 74.6 Å². The van der Waals surface area contributed by atoms with E-state index in [2.05, 4.69) is 47.6 Å². The lowest BCUT2D eigenvalue weighted by Crippen LogP contribution is -2.57. The molecule has 11 nitrogen and oxygen atoms in total. The lowest BCUT2D eigenvalue weighted by Gasteiger charge is -2.43. The number of carbonyl (C=O) groups is 1. The Morgan fingerprint density at radius 1 is 1.10 bits per heavy atom. The third kappa shape index (κ3) is 6.15. The molecule has 1 N–H and O–H groups in total. The topological polar surface area (TPSA) is 113 Å². The number of nitrogens with zero attached hydrogens (tertiary/aromatic N) is 6. The molecule has 3 fully saturated rings. The minimum atomic E-state index is -1.31. The summed E-state index contributed by atoms with van der Waals surface area (Å²) in [6.07, 6.45) is 6.16. The number of ether oxygens (including phenoxy) is 2. The number of anilines is 2. The molecule has 1 aliphatic carbocycles. The van der Waals surface area contributed by atoms with Crippen LogP contribution in [0, 0.1) is 5.41 Å². The molecule has 7 rings (SSSR count). The van der Waals surface area contributed by atoms with Crippen molar-refractivity contribution in [2.24, 2.45) is 5.41 Å². The van der Waals surface area contributed by atoms with E-state index < -0.39 is 11.4 Å². The van der Waals surface area contributed by atoms with Gasteiger partial charge in [-0.1, -0.05) is 37.0 Å². The van der Waals surface area contributed by atoms with Gasteiger partial charge in [0.1, 0.15) is 29.1 Å². The van der Waals surface area contributed by atoms with E-state index in [1.165, 1.54) is 6.20 Å². The molecule has 1 aromatic carbocycles. The number of carboxylic acid groups (broad SMARTS) is 1. The summed E-state index contributed by atoms with van der Waals surface area (Å²) in [6.45, 7) is 7.09. The van der Waals surface area contributed by atoms with Gasteiger partial charge in [0.2, 0.25) is 17.2 Å². The molecule has 3 aromatic heterocycles. The van der Waals surface area contributed by atoms with Crippen molar-refractivity contribution in [2.45, 2.75) is 51.3 Å². The number of rotatable bonds is 10. The number of likely N-dealkylation sites (N-methyl/N-ethyl adjacent to an activating group) is 1. The summed E-state index contributed by atoms with van der Waals surface area (Å²) in [6, 6.07) is 11.1. The van der Waals surface area contributed by atoms with Crippen LogP contribution in [-0.4, -0.2) is 89.0 Å². The molecule has 1 unspecified atom stereocenters. The van der Waals surface area contributed by atoms with E-state index >= 15 is 0 Å². The second-order valence-electron chi connectivity index (χ2n) is 13.8. The Labute approximate surface area is 288 Å². The van der Waals surface area contributed by atoms with E-state index in [1.54, 1.807) is 29.0 Å². The second kappa shape index (κ2) is 12.4. The monoisotopic (exact) mass is 692 g/mol. The Hall–Kier alpha value is -4.06. The Morgan fingerprint density at radius 2 is 1.88 bits per heavy atom. The largest absolute Gasteiger partial charge is 0.477 e. The van der Waals surface area contributed by atoms with Gasteiger partial charge in [-0.2, -0.15) is 4.98 Å². The van der Waals surface area contributed by atoms with Gasteiger partial charge >= 0.3 is 5.97 Å². The fraction of sp³-hybridized carbons (Fsp3) is 0.429. The number of hydrogen-bond acceptors (Lipinski definition) is 9. The van der Waals surface area contributed by atoms with Gasteiger partial charge in [-0.3, -0.25) is 4.79 Å². The number of aromatic nitrogens is 3. The normalized spacial score (nSPS) is 19.2. The van der Waals surface area contributed by atoms with Crippen molar-refractivity contribution in [1.82, 2.24) is 19.4 Å². The van der Waals surface area contributed by atoms with E-state index in [1.807, 2.05) is 18.2 Å². The highest BCUT2D eigenvalue weighted by atomic mass is 35.5. The molecule has 252 valence electrons. The average Bonchev–Trinajstić information content (AvgIpc) is 3.78. The summed E-state index contributed by atoms with van der Waals surface area (Å²) in [4.78, 5) is 41.4. The van der Waals surface area contributed by atoms with Crippen LogP contribution in [0.5, 0.6) is 11.8 Å². The van der Waals surface area contributed by atoms with Crippen molar-refractivity contribution in [3.8, 4) is 17.4 Å². The highest BCUT2D eigenvalue weighted by molar-refractivity contribution is 6.34. The molecular weight excluding hydrogens is 655 g/mol. The molecule has 0 bridgehead atoms. The SMILES string of the molecule is CN(C)C1CN(c2ccc(-n3cc(C(=O)O)c(=O)c4cc(Cl)c(N5CCC(C)(C)C5COc5nc(OC6CC6)ccc5Cl)cc43)cn2)C1. The van der Waals surface area contributed by atoms with Gasteiger partial charge in [-0.05, 0) is 69.1 Å². The van der Waals surface area contributed by atoms with Crippen LogP contribution < -0.4 is 24.7 Å². The lowest BCUT2D eigenvalue weighted by atomic mass is 9.85. The van der Waals surface area contributed by atoms with Crippen LogP contribution in [0.1, 0.15) is 43.5 Å². The molecule has 2 saturated heterocycles. The van der Waals surface area contributed by atoms with Crippen LogP contribution in [0.15, 0.2) is 53.6 Å². The van der Waals surface area contributed by atoms with Crippen molar-refractivity contribution in [3.63, 3.8) is 0 Å². The molecule has 5 heterocycles. The number of halogens is 2. The van der Waals surface area contributed by atoms with E-state index in [0.717, 1.165) is 38.2 Å². The summed E-state index contributed by atoms with van der Waals surface area (Å²) in [7, 11) is 4.13. The lowest BCUT2D eigenvalue weighted by molar-refractivity contribution is 0.0695. The number of carboxylic acids is 1. The zero-order valence-corrected chi connectivity index (χ0v) is 28.8. The summed E-state index contributed by atoms with van der Waals surface area (Å²) in [5, 5.41) is 10.9. The highest BCUT2D eigenvalue weighted by Crippen LogP contribution is 2.43. The number of aromatic carboxylic acids is 1. The third-order valence-corrected chi connectivity index (χ3v) is 10.4. The quantitative estimate of drug-likeness (QED) is 0.220. The smallest absolute Gasteiger partial charge is 0.341 e. The van der Waals surface area contributed by atoms with Crippen LogP contribution in [0.3, 0.4) is 0 Å². The molecule has 48 heavy (non-hydrogen) atoms. The maximum atomic E-state index is 13.4. The standard InChI is InChI=1S/C35H38Cl2N6O5/c1-35(2)11-12-42(29(35)19-47-33-25(36)8-10-31(39-33)48-22-6-7-22)28-14-27-23(13-26(28)37)32(44)24(34(45)46)18-43(27)20-5-9-30(38-15-20)41-16-21(17-41)40(3)4/h5,8-10,13-15,18,21-22,29H,6-7,11-12,16-17,19H2,1-4H3,(H,45,46). The first-order chi connectivity index (χ1) is 22.9. The zero-order valence-electron chi connectivity index (χ0n) is 27.3. The summed E-state index contributed by atoms with van der Waals surface area (Å²) >= 11 is 13.4. The van der Waals surface area contributed by atoms with Crippen LogP contribution in [0.25, 0.3) is 16.6 Å². The molecule has 4 aromatic rings. The number of pyridine rings is 3. The van der Waals surface area contributed by atoms with Crippen molar-refractivity contribution in [2.75, 3.05) is 50.1 Å². The van der Waals surface area contributed by atoms with Crippen LogP contribution in [0.2, 0.25) is 10.0 Å². The molecule has 0 radical (unpaired) electrons. The van der Waals surface area contributed by atoms with Gasteiger partial charge in [0.05, 0.1) is 34.2 Å². The summed E-state index contributed by atoms with van der Waals surface area (Å²) < 4.78 is 13.8. The fourth-order valence-corrected chi connectivity index (χ4v) is 6.87. The molecule has 1 saturated carbocycles. The van der Waals surface area contributed by atoms with Crippen LogP contribution >= 0.6 is 23.2 Å². The maximum Gasteiger partial charge on any atom is 0.341 e. The Balaban J connectivity index is 1.23. The minimum Gasteiger partial charge on any atom is -0.477 e. The third-order valence-electron chi connectivity index (χ3n) is 9.79. The highest BCUT2D eigenvalue weighted by Gasteiger charge is 2.42. The average molecular weight is 694 g/mol. The summed E-state index contributed by atoms with van der Waals surface area (Å²) in [5.41, 5.74) is 0.747. The van der Waals surface area contributed by atoms with Gasteiger partial charge in [0.15, 0.2) is 0 Å². The van der Waals surface area contributed by atoms with Crippen molar-refractivity contribution >= 4 is 51.6 Å². The predicted molar refractivity (Wildman–Crippen MR) is 187 cm³/mol. The number of hydrogen-bond donors (Lipinski definition) is 1. The predicted octanol–water partition coefficient (Wildman–Crippen LogP) is 5.76. The molecule has 0 amide bonds. The van der Waals surface area contributed by atoms with Crippen LogP contribution in [0.4, 0.5) is 11.5 Å². The maximum absolute atomic E-state index is 13.4. The van der Waals surface area contributed by atoms with Crippen molar-refractivity contribution < 1.29 is 19.4 Å². The van der Waals surface area contributed by atoms with E-state index in [9.17, 15) is 14.7 Å². The molecule has 13 heteroatoms. The van der Waals surface area contributed by atoms with Gasteiger partial charge in [0.25, 0.3) is 0 Å². The van der Waals surface area contributed by atoms with Crippen molar-refractivity contribution in [1.29, 1.82) is 0 Å². The van der Waals surface area contributed by atoms with Crippen LogP contribution in [-0.2, 0) is 0 Å². The van der Waals surface area contributed by atoms with E-state index in [-0.39, 0.29) is 35.1 Å². The Morgan fingerprint density at radius 3 is 2.54 bits per heavy atom. The zero-order chi connectivity index (χ0) is 33.9. The first kappa shape index (κ1) is 32.5. The first-order valence-corrected chi connectivity index (χ1v) is 16.9. The van der Waals surface area contributed by atoms with Gasteiger partial charge in [-0.15, -0.1) is 0 Å². The minimum absolute atomic E-state index is 0.125. The molecule has 2 aliphatic heterocycles. The fourth-order valence-electron chi connectivity index (χ4n) is 6.44. The van der Waals surface area contributed by atoms with Gasteiger partial charge in [0, 0.05) is 43.3 Å². The van der Waals surface area contributed by atoms with E-state index in [4.69, 9.17) is 37.7 Å². The molecule has 0 spiro atoms. The molecule has 3 aliphatic rings. The molecule has 1 atom stereocenters. The molecular formula is C35H38Cl2N6O5. The first-order valence-electron chi connectivity index (χ1n) is 16.1. The number of benzene rings is 1.